The number of halogens is 3. The summed E-state index contributed by atoms with van der Waals surface area (Å²) >= 11 is 5.75. The van der Waals surface area contributed by atoms with Crippen LogP contribution in [0.15, 0.2) is 36.4 Å². The van der Waals surface area contributed by atoms with Gasteiger partial charge in [0, 0.05) is 22.3 Å². The molecule has 0 aliphatic carbocycles. The monoisotopic (exact) mass is 269 g/mol. The molecule has 0 atom stereocenters. The van der Waals surface area contributed by atoms with Crippen molar-refractivity contribution < 1.29 is 13.5 Å². The SMILES string of the molecule is Nc1cc(Cl)ccc1COc1ccc(F)cc1F. The molecule has 0 spiro atoms. The van der Waals surface area contributed by atoms with Crippen LogP contribution in [0.3, 0.4) is 0 Å². The van der Waals surface area contributed by atoms with Crippen LogP contribution in [0.1, 0.15) is 5.56 Å². The molecule has 0 amide bonds. The van der Waals surface area contributed by atoms with Crippen molar-refractivity contribution in [2.24, 2.45) is 0 Å². The molecule has 94 valence electrons. The van der Waals surface area contributed by atoms with E-state index in [1.165, 1.54) is 6.07 Å². The van der Waals surface area contributed by atoms with Crippen LogP contribution in [0.5, 0.6) is 5.75 Å². The van der Waals surface area contributed by atoms with Crippen molar-refractivity contribution in [1.82, 2.24) is 0 Å². The average molecular weight is 270 g/mol. The zero-order valence-electron chi connectivity index (χ0n) is 9.29. The topological polar surface area (TPSA) is 35.2 Å². The highest BCUT2D eigenvalue weighted by molar-refractivity contribution is 6.30. The Balaban J connectivity index is 2.11. The Morgan fingerprint density at radius 2 is 1.89 bits per heavy atom. The molecule has 2 aromatic carbocycles. The number of anilines is 1. The number of nitrogens with two attached hydrogens (primary N) is 1. The molecule has 5 heteroatoms. The molecule has 18 heavy (non-hydrogen) atoms. The third-order valence-corrected chi connectivity index (χ3v) is 2.62. The lowest BCUT2D eigenvalue weighted by molar-refractivity contribution is 0.290. The second kappa shape index (κ2) is 5.23. The predicted octanol–water partition coefficient (Wildman–Crippen LogP) is 3.78. The van der Waals surface area contributed by atoms with Crippen LogP contribution < -0.4 is 10.5 Å². The molecule has 0 heterocycles. The molecular weight excluding hydrogens is 260 g/mol. The highest BCUT2D eigenvalue weighted by atomic mass is 35.5. The molecule has 2 nitrogen and oxygen atoms in total. The second-order valence-corrected chi connectivity index (χ2v) is 4.14. The van der Waals surface area contributed by atoms with Gasteiger partial charge in [-0.1, -0.05) is 17.7 Å². The van der Waals surface area contributed by atoms with Gasteiger partial charge in [0.1, 0.15) is 12.4 Å². The van der Waals surface area contributed by atoms with Gasteiger partial charge in [0.15, 0.2) is 11.6 Å². The first kappa shape index (κ1) is 12.6. The molecule has 0 bridgehead atoms. The summed E-state index contributed by atoms with van der Waals surface area (Å²) in [5, 5.41) is 0.518. The maximum atomic E-state index is 13.3. The van der Waals surface area contributed by atoms with Crippen LogP contribution in [-0.4, -0.2) is 0 Å². The summed E-state index contributed by atoms with van der Waals surface area (Å²) in [6, 6.07) is 8.07. The zero-order valence-corrected chi connectivity index (χ0v) is 10.0. The minimum Gasteiger partial charge on any atom is -0.486 e. The zero-order chi connectivity index (χ0) is 13.1. The van der Waals surface area contributed by atoms with Gasteiger partial charge in [-0.15, -0.1) is 0 Å². The molecule has 0 radical (unpaired) electrons. The van der Waals surface area contributed by atoms with Gasteiger partial charge in [-0.05, 0) is 24.3 Å². The van der Waals surface area contributed by atoms with Crippen LogP contribution in [0, 0.1) is 11.6 Å². The lowest BCUT2D eigenvalue weighted by atomic mass is 10.2. The number of benzene rings is 2. The fraction of sp³-hybridized carbons (Fsp3) is 0.0769. The van der Waals surface area contributed by atoms with E-state index in [4.69, 9.17) is 22.1 Å². The van der Waals surface area contributed by atoms with Crippen molar-refractivity contribution in [1.29, 1.82) is 0 Å². The summed E-state index contributed by atoms with van der Waals surface area (Å²) in [4.78, 5) is 0. The van der Waals surface area contributed by atoms with Crippen molar-refractivity contribution in [3.05, 3.63) is 58.6 Å². The predicted molar refractivity (Wildman–Crippen MR) is 66.6 cm³/mol. The van der Waals surface area contributed by atoms with Crippen LogP contribution in [0.4, 0.5) is 14.5 Å². The fourth-order valence-electron chi connectivity index (χ4n) is 1.45. The number of nitrogen functional groups attached to an aromatic ring is 1. The van der Waals surface area contributed by atoms with E-state index >= 15 is 0 Å². The Morgan fingerprint density at radius 3 is 2.56 bits per heavy atom. The standard InChI is InChI=1S/C13H10ClF2NO/c14-9-2-1-8(12(17)5-9)7-18-13-4-3-10(15)6-11(13)16/h1-6H,7,17H2. The van der Waals surface area contributed by atoms with Crippen LogP contribution >= 0.6 is 11.6 Å². The van der Waals surface area contributed by atoms with Gasteiger partial charge in [0.05, 0.1) is 0 Å². The summed E-state index contributed by atoms with van der Waals surface area (Å²) < 4.78 is 31.2. The first-order valence-corrected chi connectivity index (χ1v) is 5.56. The molecule has 2 rings (SSSR count). The van der Waals surface area contributed by atoms with Crippen molar-refractivity contribution in [2.45, 2.75) is 6.61 Å². The van der Waals surface area contributed by atoms with Crippen molar-refractivity contribution >= 4 is 17.3 Å². The summed E-state index contributed by atoms with van der Waals surface area (Å²) in [5.41, 5.74) is 6.88. The Bertz CT molecular complexity index is 523. The van der Waals surface area contributed by atoms with Gasteiger partial charge in [0.25, 0.3) is 0 Å². The number of ether oxygens (including phenoxy) is 1. The van der Waals surface area contributed by atoms with Crippen molar-refractivity contribution in [2.75, 3.05) is 5.73 Å². The molecule has 0 fully saturated rings. The fourth-order valence-corrected chi connectivity index (χ4v) is 1.63. The van der Waals surface area contributed by atoms with E-state index in [0.29, 0.717) is 16.3 Å². The van der Waals surface area contributed by atoms with E-state index in [0.717, 1.165) is 12.1 Å². The Kier molecular flexibility index (Phi) is 3.67. The van der Waals surface area contributed by atoms with Gasteiger partial charge < -0.3 is 10.5 Å². The van der Waals surface area contributed by atoms with Crippen LogP contribution in [-0.2, 0) is 6.61 Å². The van der Waals surface area contributed by atoms with Crippen molar-refractivity contribution in [3.8, 4) is 5.75 Å². The maximum Gasteiger partial charge on any atom is 0.167 e. The lowest BCUT2D eigenvalue weighted by Crippen LogP contribution is -2.01. The normalized spacial score (nSPS) is 10.4. The van der Waals surface area contributed by atoms with E-state index < -0.39 is 11.6 Å². The summed E-state index contributed by atoms with van der Waals surface area (Å²) in [6.45, 7) is 0.0888. The number of hydrogen-bond donors (Lipinski definition) is 1. The largest absolute Gasteiger partial charge is 0.486 e. The summed E-state index contributed by atoms with van der Waals surface area (Å²) in [6.07, 6.45) is 0. The Hall–Kier alpha value is -1.81. The first-order chi connectivity index (χ1) is 8.56. The molecular formula is C13H10ClF2NO. The summed E-state index contributed by atoms with van der Waals surface area (Å²) in [7, 11) is 0. The minimum absolute atomic E-state index is 0.0225. The van der Waals surface area contributed by atoms with Crippen LogP contribution in [0.25, 0.3) is 0 Å². The quantitative estimate of drug-likeness (QED) is 0.861. The maximum absolute atomic E-state index is 13.3. The van der Waals surface area contributed by atoms with E-state index in [1.54, 1.807) is 18.2 Å². The van der Waals surface area contributed by atoms with E-state index in [-0.39, 0.29) is 12.4 Å². The highest BCUT2D eigenvalue weighted by Gasteiger charge is 2.06. The third kappa shape index (κ3) is 2.90. The van der Waals surface area contributed by atoms with E-state index in [1.807, 2.05) is 0 Å². The van der Waals surface area contributed by atoms with Gasteiger partial charge in [0.2, 0.25) is 0 Å². The molecule has 0 saturated heterocycles. The molecule has 0 aliphatic heterocycles. The lowest BCUT2D eigenvalue weighted by Gasteiger charge is -2.09. The first-order valence-electron chi connectivity index (χ1n) is 5.18. The van der Waals surface area contributed by atoms with Gasteiger partial charge in [-0.25, -0.2) is 8.78 Å². The molecule has 0 saturated carbocycles. The minimum atomic E-state index is -0.748. The summed E-state index contributed by atoms with van der Waals surface area (Å²) in [5.74, 6) is -1.42. The number of rotatable bonds is 3. The van der Waals surface area contributed by atoms with E-state index in [2.05, 4.69) is 0 Å². The number of hydrogen-bond acceptors (Lipinski definition) is 2. The van der Waals surface area contributed by atoms with Gasteiger partial charge in [-0.3, -0.25) is 0 Å². The van der Waals surface area contributed by atoms with Gasteiger partial charge in [-0.2, -0.15) is 0 Å². The molecule has 0 unspecified atom stereocenters. The Labute approximate surface area is 108 Å². The highest BCUT2D eigenvalue weighted by Crippen LogP contribution is 2.22. The Morgan fingerprint density at radius 1 is 1.11 bits per heavy atom. The molecule has 2 aromatic rings. The van der Waals surface area contributed by atoms with Gasteiger partial charge >= 0.3 is 0 Å². The molecule has 0 aliphatic rings. The smallest absolute Gasteiger partial charge is 0.167 e. The molecule has 0 aromatic heterocycles. The molecule has 2 N–H and O–H groups in total. The second-order valence-electron chi connectivity index (χ2n) is 3.71. The van der Waals surface area contributed by atoms with E-state index in [9.17, 15) is 8.78 Å². The van der Waals surface area contributed by atoms with Crippen LogP contribution in [0.2, 0.25) is 5.02 Å². The average Bonchev–Trinajstić information content (AvgIpc) is 2.30. The van der Waals surface area contributed by atoms with Crippen molar-refractivity contribution in [3.63, 3.8) is 0 Å². The third-order valence-electron chi connectivity index (χ3n) is 2.39.